The summed E-state index contributed by atoms with van der Waals surface area (Å²) in [5.74, 6) is -0.612. The minimum absolute atomic E-state index is 0.0405. The van der Waals surface area contributed by atoms with Crippen LogP contribution in [0.15, 0.2) is 59.5 Å². The Bertz CT molecular complexity index is 779. The summed E-state index contributed by atoms with van der Waals surface area (Å²) in [4.78, 5) is 12.1. The Balaban J connectivity index is 2.02. The topological polar surface area (TPSA) is 95.5 Å². The highest BCUT2D eigenvalue weighted by atomic mass is 35.5. The lowest BCUT2D eigenvalue weighted by atomic mass is 10.2. The lowest BCUT2D eigenvalue weighted by molar-refractivity contribution is -0.123. The van der Waals surface area contributed by atoms with Gasteiger partial charge in [-0.1, -0.05) is 41.9 Å². The standard InChI is InChI=1S/C16H17ClN2O4S/c17-13-6-8-14(9-7-13)24(22,23)19-15(11-20)16(21)18-10-12-4-2-1-3-5-12/h1-9,15,19-20H,10-11H2,(H,18,21). The fourth-order valence-electron chi connectivity index (χ4n) is 1.95. The number of carbonyl (C=O) groups excluding carboxylic acids is 1. The first-order valence-electron chi connectivity index (χ1n) is 7.13. The minimum Gasteiger partial charge on any atom is -0.394 e. The number of nitrogens with one attached hydrogen (secondary N) is 2. The minimum atomic E-state index is -3.95. The van der Waals surface area contributed by atoms with Gasteiger partial charge in [0.25, 0.3) is 0 Å². The van der Waals surface area contributed by atoms with Crippen molar-refractivity contribution in [2.24, 2.45) is 0 Å². The molecule has 0 aliphatic heterocycles. The van der Waals surface area contributed by atoms with Crippen LogP contribution in [0.5, 0.6) is 0 Å². The van der Waals surface area contributed by atoms with E-state index in [0.29, 0.717) is 5.02 Å². The van der Waals surface area contributed by atoms with Crippen molar-refractivity contribution in [1.29, 1.82) is 0 Å². The van der Waals surface area contributed by atoms with Gasteiger partial charge in [-0.3, -0.25) is 4.79 Å². The van der Waals surface area contributed by atoms with Gasteiger partial charge in [0.2, 0.25) is 15.9 Å². The third-order valence-electron chi connectivity index (χ3n) is 3.23. The normalized spacial score (nSPS) is 12.6. The van der Waals surface area contributed by atoms with Crippen LogP contribution in [0.1, 0.15) is 5.56 Å². The van der Waals surface area contributed by atoms with Crippen LogP contribution >= 0.6 is 11.6 Å². The summed E-state index contributed by atoms with van der Waals surface area (Å²) < 4.78 is 26.7. The number of sulfonamides is 1. The van der Waals surface area contributed by atoms with E-state index in [9.17, 15) is 18.3 Å². The van der Waals surface area contributed by atoms with Crippen molar-refractivity contribution in [2.75, 3.05) is 6.61 Å². The first-order valence-corrected chi connectivity index (χ1v) is 8.99. The van der Waals surface area contributed by atoms with Gasteiger partial charge in [-0.15, -0.1) is 0 Å². The van der Waals surface area contributed by atoms with Crippen LogP contribution in [0.25, 0.3) is 0 Å². The van der Waals surface area contributed by atoms with E-state index in [-0.39, 0.29) is 11.4 Å². The monoisotopic (exact) mass is 368 g/mol. The Labute approximate surface area is 145 Å². The fourth-order valence-corrected chi connectivity index (χ4v) is 3.26. The van der Waals surface area contributed by atoms with E-state index in [1.807, 2.05) is 30.3 Å². The maximum absolute atomic E-state index is 12.2. The molecule has 0 saturated heterocycles. The molecule has 24 heavy (non-hydrogen) atoms. The van der Waals surface area contributed by atoms with Crippen molar-refractivity contribution in [3.63, 3.8) is 0 Å². The maximum Gasteiger partial charge on any atom is 0.241 e. The van der Waals surface area contributed by atoms with Crippen LogP contribution in [0, 0.1) is 0 Å². The van der Waals surface area contributed by atoms with Crippen molar-refractivity contribution in [1.82, 2.24) is 10.0 Å². The van der Waals surface area contributed by atoms with Gasteiger partial charge in [0.15, 0.2) is 0 Å². The fraction of sp³-hybridized carbons (Fsp3) is 0.188. The van der Waals surface area contributed by atoms with Crippen molar-refractivity contribution < 1.29 is 18.3 Å². The van der Waals surface area contributed by atoms with E-state index in [0.717, 1.165) is 5.56 Å². The summed E-state index contributed by atoms with van der Waals surface area (Å²) in [7, 11) is -3.95. The van der Waals surface area contributed by atoms with Crippen LogP contribution in [-0.4, -0.2) is 32.1 Å². The van der Waals surface area contributed by atoms with Crippen molar-refractivity contribution in [3.05, 3.63) is 65.2 Å². The van der Waals surface area contributed by atoms with E-state index in [2.05, 4.69) is 10.0 Å². The highest BCUT2D eigenvalue weighted by Crippen LogP contribution is 2.14. The lowest BCUT2D eigenvalue weighted by Gasteiger charge is -2.16. The van der Waals surface area contributed by atoms with Crippen LogP contribution in [0.3, 0.4) is 0 Å². The molecular weight excluding hydrogens is 352 g/mol. The summed E-state index contributed by atoms with van der Waals surface area (Å²) >= 11 is 5.73. The molecule has 0 aliphatic rings. The lowest BCUT2D eigenvalue weighted by Crippen LogP contribution is -2.48. The molecule has 8 heteroatoms. The Hall–Kier alpha value is -1.93. The molecule has 2 aromatic rings. The smallest absolute Gasteiger partial charge is 0.241 e. The second-order valence-electron chi connectivity index (χ2n) is 5.01. The molecule has 0 aromatic heterocycles. The molecule has 0 spiro atoms. The summed E-state index contributed by atoms with van der Waals surface area (Å²) in [6, 6.07) is 13.4. The molecule has 2 aromatic carbocycles. The Morgan fingerprint density at radius 1 is 1.08 bits per heavy atom. The van der Waals surface area contributed by atoms with Gasteiger partial charge in [-0.25, -0.2) is 8.42 Å². The number of amides is 1. The van der Waals surface area contributed by atoms with Crippen molar-refractivity contribution in [2.45, 2.75) is 17.5 Å². The van der Waals surface area contributed by atoms with E-state index in [1.54, 1.807) is 0 Å². The van der Waals surface area contributed by atoms with Crippen LogP contribution < -0.4 is 10.0 Å². The molecule has 0 heterocycles. The Kier molecular flexibility index (Phi) is 6.33. The third-order valence-corrected chi connectivity index (χ3v) is 4.97. The number of hydrogen-bond acceptors (Lipinski definition) is 4. The van der Waals surface area contributed by atoms with Gasteiger partial charge in [-0.2, -0.15) is 4.72 Å². The molecule has 6 nitrogen and oxygen atoms in total. The molecule has 128 valence electrons. The van der Waals surface area contributed by atoms with Gasteiger partial charge in [0.1, 0.15) is 6.04 Å². The number of carbonyl (C=O) groups is 1. The van der Waals surface area contributed by atoms with Gasteiger partial charge < -0.3 is 10.4 Å². The van der Waals surface area contributed by atoms with Gasteiger partial charge in [-0.05, 0) is 29.8 Å². The van der Waals surface area contributed by atoms with E-state index in [4.69, 9.17) is 11.6 Å². The zero-order valence-corrected chi connectivity index (χ0v) is 14.2. The predicted octanol–water partition coefficient (Wildman–Crippen LogP) is 1.30. The zero-order chi connectivity index (χ0) is 17.6. The van der Waals surface area contributed by atoms with Crippen molar-refractivity contribution >= 4 is 27.5 Å². The largest absolute Gasteiger partial charge is 0.394 e. The molecule has 1 atom stereocenters. The van der Waals surface area contributed by atoms with E-state index in [1.165, 1.54) is 24.3 Å². The number of aliphatic hydroxyl groups excluding tert-OH is 1. The molecule has 1 amide bonds. The number of rotatable bonds is 7. The van der Waals surface area contributed by atoms with E-state index >= 15 is 0 Å². The maximum atomic E-state index is 12.2. The summed E-state index contributed by atoms with van der Waals surface area (Å²) in [6.45, 7) is -0.424. The SMILES string of the molecule is O=C(NCc1ccccc1)C(CO)NS(=O)(=O)c1ccc(Cl)cc1. The van der Waals surface area contributed by atoms with E-state index < -0.39 is 28.6 Å². The Morgan fingerprint density at radius 2 is 1.71 bits per heavy atom. The second kappa shape index (κ2) is 8.25. The average Bonchev–Trinajstić information content (AvgIpc) is 2.59. The van der Waals surface area contributed by atoms with Crippen LogP contribution in [0.2, 0.25) is 5.02 Å². The summed E-state index contributed by atoms with van der Waals surface area (Å²) in [5.41, 5.74) is 0.864. The number of aliphatic hydroxyl groups is 1. The molecule has 0 fully saturated rings. The number of hydrogen-bond donors (Lipinski definition) is 3. The van der Waals surface area contributed by atoms with Gasteiger partial charge in [0.05, 0.1) is 11.5 Å². The van der Waals surface area contributed by atoms with Crippen LogP contribution in [-0.2, 0) is 21.4 Å². The number of halogens is 1. The number of benzene rings is 2. The molecule has 0 saturated carbocycles. The van der Waals surface area contributed by atoms with Gasteiger partial charge in [0, 0.05) is 11.6 Å². The first-order chi connectivity index (χ1) is 11.4. The molecule has 0 radical (unpaired) electrons. The first kappa shape index (κ1) is 18.4. The highest BCUT2D eigenvalue weighted by Gasteiger charge is 2.24. The quantitative estimate of drug-likeness (QED) is 0.686. The molecule has 1 unspecified atom stereocenters. The molecule has 0 bridgehead atoms. The average molecular weight is 369 g/mol. The third kappa shape index (κ3) is 5.04. The zero-order valence-electron chi connectivity index (χ0n) is 12.6. The van der Waals surface area contributed by atoms with Gasteiger partial charge >= 0.3 is 0 Å². The van der Waals surface area contributed by atoms with Crippen molar-refractivity contribution in [3.8, 4) is 0 Å². The van der Waals surface area contributed by atoms with Crippen LogP contribution in [0.4, 0.5) is 0 Å². The summed E-state index contributed by atoms with van der Waals surface area (Å²) in [6.07, 6.45) is 0. The Morgan fingerprint density at radius 3 is 2.29 bits per heavy atom. The molecular formula is C16H17ClN2O4S. The summed E-state index contributed by atoms with van der Waals surface area (Å²) in [5, 5.41) is 12.3. The predicted molar refractivity (Wildman–Crippen MR) is 90.9 cm³/mol. The molecule has 2 rings (SSSR count). The molecule has 3 N–H and O–H groups in total. The second-order valence-corrected chi connectivity index (χ2v) is 7.16. The highest BCUT2D eigenvalue weighted by molar-refractivity contribution is 7.89. The molecule has 0 aliphatic carbocycles.